The van der Waals surface area contributed by atoms with Crippen molar-refractivity contribution in [2.24, 2.45) is 0 Å². The molecule has 0 aliphatic rings. The highest BCUT2D eigenvalue weighted by Gasteiger charge is 2.26. The Bertz CT molecular complexity index is 1300. The molecule has 2 heterocycles. The van der Waals surface area contributed by atoms with Gasteiger partial charge in [-0.05, 0) is 93.7 Å². The first-order chi connectivity index (χ1) is 13.3. The summed E-state index contributed by atoms with van der Waals surface area (Å²) >= 11 is 4.15. The number of benzene rings is 2. The van der Waals surface area contributed by atoms with Crippen LogP contribution in [-0.4, -0.2) is 11.6 Å². The van der Waals surface area contributed by atoms with Gasteiger partial charge in [-0.15, -0.1) is 0 Å². The molecule has 2 aromatic carbocycles. The third-order valence-electron chi connectivity index (χ3n) is 4.08. The van der Waals surface area contributed by atoms with Crippen LogP contribution in [0.25, 0.3) is 21.9 Å². The van der Waals surface area contributed by atoms with Crippen molar-refractivity contribution >= 4 is 78.7 Å². The molecule has 0 saturated heterocycles. The predicted molar refractivity (Wildman–Crippen MR) is 119 cm³/mol. The Kier molecular flexibility index (Phi) is 4.91. The summed E-state index contributed by atoms with van der Waals surface area (Å²) in [6.45, 7) is 0. The van der Waals surface area contributed by atoms with E-state index in [1.807, 2.05) is 0 Å². The molecule has 4 aromatic rings. The van der Waals surface area contributed by atoms with Crippen LogP contribution in [0.1, 0.15) is 20.7 Å². The Morgan fingerprint density at radius 2 is 1.04 bits per heavy atom. The summed E-state index contributed by atoms with van der Waals surface area (Å²) in [5.74, 6) is -2.24. The van der Waals surface area contributed by atoms with Crippen molar-refractivity contribution in [2.75, 3.05) is 0 Å². The normalized spacial score (nSPS) is 11.1. The van der Waals surface area contributed by atoms with Crippen molar-refractivity contribution in [3.05, 3.63) is 87.6 Å². The molecule has 0 atom stereocenters. The van der Waals surface area contributed by atoms with Gasteiger partial charge in [0.05, 0.1) is 0 Å². The van der Waals surface area contributed by atoms with Crippen LogP contribution in [0, 0.1) is 7.14 Å². The van der Waals surface area contributed by atoms with E-state index in [4.69, 9.17) is 8.83 Å². The first-order valence-corrected chi connectivity index (χ1v) is 10.0. The van der Waals surface area contributed by atoms with Crippen LogP contribution in [0.4, 0.5) is 0 Å². The SMILES string of the molecule is O=C(C(=O)c1cc2cc(I)ccc2oc1=O)c1cc2cc(I)ccc2oc1=O. The Morgan fingerprint density at radius 1 is 0.643 bits per heavy atom. The van der Waals surface area contributed by atoms with Crippen LogP contribution in [0.2, 0.25) is 0 Å². The van der Waals surface area contributed by atoms with E-state index in [9.17, 15) is 19.2 Å². The van der Waals surface area contributed by atoms with E-state index in [1.54, 1.807) is 36.4 Å². The average Bonchev–Trinajstić information content (AvgIpc) is 2.66. The Balaban J connectivity index is 1.83. The smallest absolute Gasteiger partial charge is 0.347 e. The molecule has 0 aliphatic carbocycles. The largest absolute Gasteiger partial charge is 0.422 e. The van der Waals surface area contributed by atoms with Crippen molar-refractivity contribution in [1.82, 2.24) is 0 Å². The van der Waals surface area contributed by atoms with Gasteiger partial charge < -0.3 is 8.83 Å². The van der Waals surface area contributed by atoms with Gasteiger partial charge in [-0.1, -0.05) is 0 Å². The number of hydrogen-bond donors (Lipinski definition) is 0. The molecular weight excluding hydrogens is 590 g/mol. The monoisotopic (exact) mass is 598 g/mol. The highest BCUT2D eigenvalue weighted by atomic mass is 127. The molecule has 138 valence electrons. The molecular formula is C20H8I2O6. The molecule has 0 spiro atoms. The molecule has 0 unspecified atom stereocenters. The first kappa shape index (κ1) is 19.0. The second-order valence-corrected chi connectivity index (χ2v) is 8.41. The molecule has 0 N–H and O–H groups in total. The molecule has 6 nitrogen and oxygen atoms in total. The van der Waals surface area contributed by atoms with Crippen molar-refractivity contribution in [3.8, 4) is 0 Å². The van der Waals surface area contributed by atoms with Crippen LogP contribution in [0.15, 0.2) is 67.0 Å². The number of rotatable bonds is 3. The average molecular weight is 598 g/mol. The zero-order valence-corrected chi connectivity index (χ0v) is 18.1. The Morgan fingerprint density at radius 3 is 1.43 bits per heavy atom. The van der Waals surface area contributed by atoms with Gasteiger partial charge in [0, 0.05) is 17.9 Å². The summed E-state index contributed by atoms with van der Waals surface area (Å²) < 4.78 is 12.0. The van der Waals surface area contributed by atoms with Gasteiger partial charge in [-0.2, -0.15) is 0 Å². The molecule has 28 heavy (non-hydrogen) atoms. The number of ketones is 2. The summed E-state index contributed by atoms with van der Waals surface area (Å²) in [7, 11) is 0. The summed E-state index contributed by atoms with van der Waals surface area (Å²) in [6, 6.07) is 12.7. The first-order valence-electron chi connectivity index (χ1n) is 7.89. The molecule has 0 fully saturated rings. The van der Waals surface area contributed by atoms with Gasteiger partial charge in [0.25, 0.3) is 0 Å². The number of carbonyl (C=O) groups is 2. The van der Waals surface area contributed by atoms with E-state index in [1.165, 1.54) is 12.1 Å². The molecule has 0 radical (unpaired) electrons. The van der Waals surface area contributed by atoms with Gasteiger partial charge in [0.2, 0.25) is 11.6 Å². The van der Waals surface area contributed by atoms with E-state index in [0.717, 1.165) is 7.14 Å². The molecule has 0 amide bonds. The number of halogens is 2. The second-order valence-electron chi connectivity index (χ2n) is 5.92. The molecule has 0 saturated carbocycles. The minimum absolute atomic E-state index is 0.300. The second kappa shape index (κ2) is 7.24. The van der Waals surface area contributed by atoms with Gasteiger partial charge in [0.15, 0.2) is 0 Å². The van der Waals surface area contributed by atoms with E-state index in [2.05, 4.69) is 45.2 Å². The van der Waals surface area contributed by atoms with E-state index in [-0.39, 0.29) is 0 Å². The van der Waals surface area contributed by atoms with Crippen LogP contribution in [0.5, 0.6) is 0 Å². The summed E-state index contributed by atoms with van der Waals surface area (Å²) in [4.78, 5) is 49.7. The lowest BCUT2D eigenvalue weighted by molar-refractivity contribution is 0.0812. The maximum atomic E-state index is 12.7. The van der Waals surface area contributed by atoms with Gasteiger partial charge >= 0.3 is 11.3 Å². The summed E-state index contributed by atoms with van der Waals surface area (Å²) in [5.41, 5.74) is -2.13. The third-order valence-corrected chi connectivity index (χ3v) is 5.43. The zero-order valence-electron chi connectivity index (χ0n) is 13.8. The van der Waals surface area contributed by atoms with Gasteiger partial charge in [-0.3, -0.25) is 9.59 Å². The van der Waals surface area contributed by atoms with Crippen LogP contribution >= 0.6 is 45.2 Å². The number of Topliss-reactive ketones (excluding diaryl/α,β-unsaturated/α-hetero) is 2. The van der Waals surface area contributed by atoms with Gasteiger partial charge in [-0.25, -0.2) is 9.59 Å². The van der Waals surface area contributed by atoms with Crippen molar-refractivity contribution in [3.63, 3.8) is 0 Å². The fourth-order valence-electron chi connectivity index (χ4n) is 2.75. The van der Waals surface area contributed by atoms with Crippen molar-refractivity contribution in [1.29, 1.82) is 0 Å². The topological polar surface area (TPSA) is 94.6 Å². The minimum atomic E-state index is -1.12. The molecule has 0 bridgehead atoms. The van der Waals surface area contributed by atoms with Crippen molar-refractivity contribution in [2.45, 2.75) is 0 Å². The van der Waals surface area contributed by atoms with E-state index < -0.39 is 33.9 Å². The quantitative estimate of drug-likeness (QED) is 0.152. The van der Waals surface area contributed by atoms with Crippen LogP contribution < -0.4 is 11.3 Å². The lowest BCUT2D eigenvalue weighted by Gasteiger charge is -2.03. The molecule has 4 rings (SSSR count). The lowest BCUT2D eigenvalue weighted by atomic mass is 10.0. The maximum absolute atomic E-state index is 12.7. The Hall–Kier alpha value is -2.34. The van der Waals surface area contributed by atoms with E-state index >= 15 is 0 Å². The summed E-state index contributed by atoms with van der Waals surface area (Å²) in [5, 5.41) is 1.01. The van der Waals surface area contributed by atoms with E-state index in [0.29, 0.717) is 21.9 Å². The van der Waals surface area contributed by atoms with Gasteiger partial charge in [0.1, 0.15) is 22.3 Å². The third kappa shape index (κ3) is 3.41. The fourth-order valence-corrected chi connectivity index (χ4v) is 3.78. The number of carbonyl (C=O) groups excluding carboxylic acids is 2. The minimum Gasteiger partial charge on any atom is -0.422 e. The zero-order chi connectivity index (χ0) is 20.0. The molecule has 2 aromatic heterocycles. The number of fused-ring (bicyclic) bond motifs is 2. The molecule has 8 heteroatoms. The standard InChI is InChI=1S/C20H8I2O6/c21-11-1-3-15-9(5-11)7-13(19(25)27-15)17(23)18(24)14-8-10-6-12(22)2-4-16(10)28-20(14)26/h1-8H. The highest BCUT2D eigenvalue weighted by Crippen LogP contribution is 2.19. The predicted octanol–water partition coefficient (Wildman–Crippen LogP) is 4.17. The highest BCUT2D eigenvalue weighted by molar-refractivity contribution is 14.1. The summed E-state index contributed by atoms with van der Waals surface area (Å²) in [6.07, 6.45) is 0. The number of hydrogen-bond acceptors (Lipinski definition) is 6. The maximum Gasteiger partial charge on any atom is 0.347 e. The van der Waals surface area contributed by atoms with Crippen LogP contribution in [-0.2, 0) is 0 Å². The fraction of sp³-hybridized carbons (Fsp3) is 0. The lowest BCUT2D eigenvalue weighted by Crippen LogP contribution is -2.26. The van der Waals surface area contributed by atoms with Crippen LogP contribution in [0.3, 0.4) is 0 Å². The van der Waals surface area contributed by atoms with Crippen molar-refractivity contribution < 1.29 is 18.4 Å². The Labute approximate surface area is 183 Å². The molecule has 0 aliphatic heterocycles.